The molecule has 0 aliphatic heterocycles. The number of carbonyl (C=O) groups is 1. The zero-order chi connectivity index (χ0) is 23.4. The number of hydrogen-bond donors (Lipinski definition) is 2. The van der Waals surface area contributed by atoms with Crippen molar-refractivity contribution in [2.75, 3.05) is 10.6 Å². The normalized spacial score (nSPS) is 11.2. The summed E-state index contributed by atoms with van der Waals surface area (Å²) in [5.41, 5.74) is 4.20. The molecule has 2 N–H and O–H groups in total. The van der Waals surface area contributed by atoms with Gasteiger partial charge in [0.2, 0.25) is 5.91 Å². The molecule has 0 saturated heterocycles. The smallest absolute Gasteiger partial charge is 0.224 e. The Labute approximate surface area is 206 Å². The summed E-state index contributed by atoms with van der Waals surface area (Å²) in [5.74, 6) is 1.36. The molecule has 0 fully saturated rings. The number of nitrogens with one attached hydrogen (secondary N) is 2. The minimum atomic E-state index is 0.0464. The van der Waals surface area contributed by atoms with Crippen molar-refractivity contribution in [2.24, 2.45) is 5.92 Å². The van der Waals surface area contributed by atoms with Crippen LogP contribution < -0.4 is 10.6 Å². The van der Waals surface area contributed by atoms with Crippen LogP contribution >= 0.6 is 27.5 Å². The van der Waals surface area contributed by atoms with Gasteiger partial charge in [0, 0.05) is 35.3 Å². The molecule has 0 aliphatic carbocycles. The number of hydrogen-bond acceptors (Lipinski definition) is 4. The summed E-state index contributed by atoms with van der Waals surface area (Å²) in [6.07, 6.45) is 3.14. The Kier molecular flexibility index (Phi) is 7.30. The number of aromatic nitrogens is 3. The predicted molar refractivity (Wildman–Crippen MR) is 138 cm³/mol. The first kappa shape index (κ1) is 23.3. The lowest BCUT2D eigenvalue weighted by Gasteiger charge is -2.12. The summed E-state index contributed by atoms with van der Waals surface area (Å²) < 4.78 is 2.56. The van der Waals surface area contributed by atoms with E-state index in [1.807, 2.05) is 54.6 Å². The molecule has 0 saturated carbocycles. The maximum absolute atomic E-state index is 12.1. The van der Waals surface area contributed by atoms with Crippen LogP contribution in [0.3, 0.4) is 0 Å². The van der Waals surface area contributed by atoms with E-state index in [-0.39, 0.29) is 5.91 Å². The van der Waals surface area contributed by atoms with Crippen molar-refractivity contribution in [1.82, 2.24) is 14.6 Å². The number of fused-ring (bicyclic) bond motifs is 1. The fourth-order valence-corrected chi connectivity index (χ4v) is 3.99. The lowest BCUT2D eigenvalue weighted by molar-refractivity contribution is -0.116. The van der Waals surface area contributed by atoms with Gasteiger partial charge in [0.1, 0.15) is 5.82 Å². The number of nitrogens with zero attached hydrogens (tertiary/aromatic N) is 3. The van der Waals surface area contributed by atoms with Gasteiger partial charge in [0.15, 0.2) is 5.65 Å². The van der Waals surface area contributed by atoms with Crippen LogP contribution in [0.5, 0.6) is 0 Å². The molecule has 2 aromatic carbocycles. The molecule has 0 atom stereocenters. The van der Waals surface area contributed by atoms with Crippen LogP contribution in [0.15, 0.2) is 65.3 Å². The lowest BCUT2D eigenvalue weighted by Crippen LogP contribution is -2.12. The Morgan fingerprint density at radius 3 is 2.64 bits per heavy atom. The second-order valence-electron chi connectivity index (χ2n) is 8.27. The van der Waals surface area contributed by atoms with Crippen molar-refractivity contribution in [1.29, 1.82) is 0 Å². The molecule has 2 heterocycles. The fourth-order valence-electron chi connectivity index (χ4n) is 3.41. The molecule has 2 aromatic heterocycles. The quantitative estimate of drug-likeness (QED) is 0.265. The highest BCUT2D eigenvalue weighted by atomic mass is 79.9. The Bertz CT molecular complexity index is 1270. The van der Waals surface area contributed by atoms with Crippen molar-refractivity contribution in [3.63, 3.8) is 0 Å². The van der Waals surface area contributed by atoms with Crippen LogP contribution in [-0.2, 0) is 11.3 Å². The molecule has 170 valence electrons. The fraction of sp³-hybridized carbons (Fsp3) is 0.240. The third-order valence-corrected chi connectivity index (χ3v) is 6.13. The van der Waals surface area contributed by atoms with Gasteiger partial charge >= 0.3 is 0 Å². The molecule has 0 bridgehead atoms. The molecule has 4 aromatic rings. The lowest BCUT2D eigenvalue weighted by atomic mass is 10.1. The van der Waals surface area contributed by atoms with Gasteiger partial charge in [-0.2, -0.15) is 9.61 Å². The third-order valence-electron chi connectivity index (χ3n) is 5.24. The van der Waals surface area contributed by atoms with E-state index < -0.39 is 0 Å². The van der Waals surface area contributed by atoms with E-state index in [1.165, 1.54) is 0 Å². The standard InChI is InChI=1S/C25H25BrClN5O/c1-16(2)7-12-24(33)30-18-10-8-17(9-11-18)14-28-23-13-22(19-5-3-4-6-21(19)27)31-25-20(26)15-29-32(23)25/h3-6,8-11,13,15-16,28H,7,12,14H2,1-2H3,(H,30,33). The molecule has 1 amide bonds. The summed E-state index contributed by atoms with van der Waals surface area (Å²) in [7, 11) is 0. The van der Waals surface area contributed by atoms with Gasteiger partial charge < -0.3 is 10.6 Å². The number of rotatable bonds is 8. The average Bonchev–Trinajstić information content (AvgIpc) is 3.18. The van der Waals surface area contributed by atoms with Gasteiger partial charge in [0.25, 0.3) is 0 Å². The van der Waals surface area contributed by atoms with E-state index in [4.69, 9.17) is 16.6 Å². The highest BCUT2D eigenvalue weighted by Crippen LogP contribution is 2.30. The predicted octanol–water partition coefficient (Wildman–Crippen LogP) is 6.80. The van der Waals surface area contributed by atoms with Crippen molar-refractivity contribution in [3.05, 3.63) is 75.9 Å². The zero-order valence-corrected chi connectivity index (χ0v) is 20.8. The molecule has 33 heavy (non-hydrogen) atoms. The number of carbonyl (C=O) groups excluding carboxylic acids is 1. The van der Waals surface area contributed by atoms with Gasteiger partial charge in [-0.3, -0.25) is 4.79 Å². The molecule has 6 nitrogen and oxygen atoms in total. The van der Waals surface area contributed by atoms with E-state index in [0.717, 1.165) is 39.2 Å². The van der Waals surface area contributed by atoms with Crippen LogP contribution in [0.25, 0.3) is 16.9 Å². The van der Waals surface area contributed by atoms with Gasteiger partial charge in [-0.25, -0.2) is 4.98 Å². The van der Waals surface area contributed by atoms with E-state index >= 15 is 0 Å². The van der Waals surface area contributed by atoms with Crippen LogP contribution in [-0.4, -0.2) is 20.5 Å². The number of anilines is 2. The molecule has 4 rings (SSSR count). The van der Waals surface area contributed by atoms with Gasteiger partial charge in [-0.1, -0.05) is 55.8 Å². The average molecular weight is 527 g/mol. The van der Waals surface area contributed by atoms with Crippen molar-refractivity contribution in [3.8, 4) is 11.3 Å². The first-order valence-electron chi connectivity index (χ1n) is 10.8. The second kappa shape index (κ2) is 10.4. The Hall–Kier alpha value is -2.90. The van der Waals surface area contributed by atoms with Crippen LogP contribution in [0.2, 0.25) is 5.02 Å². The van der Waals surface area contributed by atoms with Crippen LogP contribution in [0, 0.1) is 5.92 Å². The monoisotopic (exact) mass is 525 g/mol. The molecule has 8 heteroatoms. The number of benzene rings is 2. The van der Waals surface area contributed by atoms with E-state index in [9.17, 15) is 4.79 Å². The molecule has 0 radical (unpaired) electrons. The maximum Gasteiger partial charge on any atom is 0.224 e. The molecule has 0 spiro atoms. The van der Waals surface area contributed by atoms with Crippen LogP contribution in [0.1, 0.15) is 32.3 Å². The number of halogens is 2. The van der Waals surface area contributed by atoms with Crippen LogP contribution in [0.4, 0.5) is 11.5 Å². The van der Waals surface area contributed by atoms with Crippen molar-refractivity contribution in [2.45, 2.75) is 33.2 Å². The Balaban J connectivity index is 1.50. The first-order valence-corrected chi connectivity index (χ1v) is 12.0. The minimum absolute atomic E-state index is 0.0464. The Morgan fingerprint density at radius 2 is 1.91 bits per heavy atom. The van der Waals surface area contributed by atoms with Crippen molar-refractivity contribution >= 4 is 50.6 Å². The molecular weight excluding hydrogens is 502 g/mol. The summed E-state index contributed by atoms with van der Waals surface area (Å²) in [6, 6.07) is 17.4. The largest absolute Gasteiger partial charge is 0.366 e. The van der Waals surface area contributed by atoms with E-state index in [2.05, 4.69) is 45.5 Å². The third kappa shape index (κ3) is 5.72. The summed E-state index contributed by atoms with van der Waals surface area (Å²) >= 11 is 9.94. The highest BCUT2D eigenvalue weighted by molar-refractivity contribution is 9.10. The minimum Gasteiger partial charge on any atom is -0.366 e. The summed E-state index contributed by atoms with van der Waals surface area (Å²) in [6.45, 7) is 4.82. The topological polar surface area (TPSA) is 71.3 Å². The first-order chi connectivity index (χ1) is 15.9. The number of amides is 1. The Morgan fingerprint density at radius 1 is 1.15 bits per heavy atom. The second-order valence-corrected chi connectivity index (χ2v) is 9.53. The molecule has 0 unspecified atom stereocenters. The van der Waals surface area contributed by atoms with E-state index in [0.29, 0.717) is 29.6 Å². The van der Waals surface area contributed by atoms with Gasteiger partial charge in [0.05, 0.1) is 16.4 Å². The van der Waals surface area contributed by atoms with E-state index in [1.54, 1.807) is 10.7 Å². The maximum atomic E-state index is 12.1. The highest BCUT2D eigenvalue weighted by Gasteiger charge is 2.13. The summed E-state index contributed by atoms with van der Waals surface area (Å²) in [5, 5.41) is 11.5. The zero-order valence-electron chi connectivity index (χ0n) is 18.5. The molecular formula is C25H25BrClN5O. The SMILES string of the molecule is CC(C)CCC(=O)Nc1ccc(CNc2cc(-c3ccccc3Cl)nc3c(Br)cnn23)cc1. The van der Waals surface area contributed by atoms with Gasteiger partial charge in [-0.05, 0) is 52.0 Å². The molecule has 0 aliphatic rings. The van der Waals surface area contributed by atoms with Gasteiger partial charge in [-0.15, -0.1) is 0 Å². The summed E-state index contributed by atoms with van der Waals surface area (Å²) in [4.78, 5) is 16.8. The van der Waals surface area contributed by atoms with Crippen molar-refractivity contribution < 1.29 is 4.79 Å².